The molecule has 1 nitrogen and oxygen atoms in total. The molecule has 0 fully saturated rings. The summed E-state index contributed by atoms with van der Waals surface area (Å²) in [5.41, 5.74) is 0. The van der Waals surface area contributed by atoms with Crippen LogP contribution in [0.5, 0.6) is 0 Å². The molecule has 0 aromatic carbocycles. The predicted molar refractivity (Wildman–Crippen MR) is 96.7 cm³/mol. The molecule has 0 unspecified atom stereocenters. The molecular formula is C11H34ClNSi4. The van der Waals surface area contributed by atoms with Gasteiger partial charge in [-0.2, -0.15) is 0 Å². The largest absolute Gasteiger partial charge is 0.343 e. The molecule has 17 heavy (non-hydrogen) atoms. The van der Waals surface area contributed by atoms with Crippen molar-refractivity contribution < 1.29 is 0 Å². The third-order valence-corrected chi connectivity index (χ3v) is 73.8. The van der Waals surface area contributed by atoms with E-state index in [2.05, 4.69) is 70.8 Å². The first-order chi connectivity index (χ1) is 6.81. The van der Waals surface area contributed by atoms with Crippen molar-refractivity contribution in [2.24, 2.45) is 0 Å². The van der Waals surface area contributed by atoms with E-state index in [1.54, 1.807) is 0 Å². The van der Waals surface area contributed by atoms with Crippen molar-refractivity contribution in [1.29, 1.82) is 0 Å². The van der Waals surface area contributed by atoms with E-state index in [0.717, 1.165) is 0 Å². The minimum atomic E-state index is -1.23. The minimum absolute atomic E-state index is 0. The highest BCUT2D eigenvalue weighted by atomic mass is 35.5. The van der Waals surface area contributed by atoms with Crippen LogP contribution in [0.4, 0.5) is 0 Å². The Morgan fingerprint density at radius 1 is 0.647 bits per heavy atom. The zero-order chi connectivity index (χ0) is 13.4. The average Bonchev–Trinajstić information content (AvgIpc) is 1.91. The maximum atomic E-state index is 4.14. The van der Waals surface area contributed by atoms with Gasteiger partial charge in [-0.25, -0.2) is 0 Å². The van der Waals surface area contributed by atoms with Gasteiger partial charge in [-0.1, -0.05) is 65.8 Å². The van der Waals surface area contributed by atoms with Crippen LogP contribution in [0.3, 0.4) is 0 Å². The molecular weight excluding hydrogens is 294 g/mol. The van der Waals surface area contributed by atoms with Crippen molar-refractivity contribution in [3.63, 3.8) is 0 Å². The number of halogens is 1. The van der Waals surface area contributed by atoms with Crippen LogP contribution in [0.2, 0.25) is 58.9 Å². The first-order valence-corrected chi connectivity index (χ1v) is 22.1. The summed E-state index contributed by atoms with van der Waals surface area (Å²) < 4.78 is 0. The summed E-state index contributed by atoms with van der Waals surface area (Å²) in [6, 6.07) is 0. The predicted octanol–water partition coefficient (Wildman–Crippen LogP) is 4.21. The van der Waals surface area contributed by atoms with Gasteiger partial charge in [0.1, 0.15) is 0 Å². The van der Waals surface area contributed by atoms with Crippen molar-refractivity contribution in [3.8, 4) is 0 Å². The summed E-state index contributed by atoms with van der Waals surface area (Å²) in [4.78, 5) is 4.14. The average molecular weight is 328 g/mol. The lowest BCUT2D eigenvalue weighted by Crippen LogP contribution is -2.89. The van der Waals surface area contributed by atoms with Crippen molar-refractivity contribution in [3.05, 3.63) is 0 Å². The third-order valence-electron chi connectivity index (χ3n) is 3.82. The first kappa shape index (κ1) is 20.4. The van der Waals surface area contributed by atoms with Gasteiger partial charge >= 0.3 is 0 Å². The molecule has 1 N–H and O–H groups in total. The summed E-state index contributed by atoms with van der Waals surface area (Å²) in [6.45, 7) is 25.9. The second-order valence-electron chi connectivity index (χ2n) is 8.03. The Morgan fingerprint density at radius 2 is 0.882 bits per heavy atom. The third kappa shape index (κ3) is 3.79. The fourth-order valence-electron chi connectivity index (χ4n) is 4.44. The highest BCUT2D eigenvalue weighted by Gasteiger charge is 2.61. The van der Waals surface area contributed by atoms with Gasteiger partial charge in [0.2, 0.25) is 0 Å². The van der Waals surface area contributed by atoms with Crippen LogP contribution in [0.15, 0.2) is 0 Å². The van der Waals surface area contributed by atoms with Gasteiger partial charge in [-0.15, -0.1) is 12.4 Å². The fourth-order valence-corrected chi connectivity index (χ4v) is 101. The zero-order valence-electron chi connectivity index (χ0n) is 13.6. The lowest BCUT2D eigenvalue weighted by Gasteiger charge is -2.57. The molecule has 6 heteroatoms. The molecule has 0 radical (unpaired) electrons. The van der Waals surface area contributed by atoms with Gasteiger partial charge in [0.05, 0.1) is 29.6 Å². The normalized spacial score (nSPS) is 14.5. The Kier molecular flexibility index (Phi) is 7.27. The lowest BCUT2D eigenvalue weighted by molar-refractivity contribution is 0.995. The van der Waals surface area contributed by atoms with Gasteiger partial charge in [0.25, 0.3) is 0 Å². The van der Waals surface area contributed by atoms with Crippen LogP contribution in [0.25, 0.3) is 0 Å². The molecule has 0 saturated carbocycles. The Labute approximate surface area is 119 Å². The number of rotatable bonds is 5. The maximum absolute atomic E-state index is 4.14. The molecule has 106 valence electrons. The number of nitrogens with one attached hydrogen (secondary N) is 1. The lowest BCUT2D eigenvalue weighted by atomic mass is 10.8. The second-order valence-corrected chi connectivity index (χ2v) is 48.1. The molecule has 0 aromatic rings. The molecule has 0 aromatic heterocycles. The molecule has 0 amide bonds. The standard InChI is InChI=1S/C11H33NSi4.ClH/c1-11-12-16(13(2,3)4,14(5,6)7)15(8,9)10;/h12H,11H2,1-10H3;1H. The van der Waals surface area contributed by atoms with E-state index in [1.807, 2.05) is 0 Å². The highest BCUT2D eigenvalue weighted by molar-refractivity contribution is 7.88. The molecule has 0 bridgehead atoms. The van der Waals surface area contributed by atoms with E-state index in [-0.39, 0.29) is 12.4 Å². The van der Waals surface area contributed by atoms with Gasteiger partial charge in [-0.05, 0) is 6.54 Å². The maximum Gasteiger partial charge on any atom is 0.0973 e. The Bertz CT molecular complexity index is 201. The van der Waals surface area contributed by atoms with Crippen molar-refractivity contribution in [2.75, 3.05) is 6.54 Å². The highest BCUT2D eigenvalue weighted by Crippen LogP contribution is 2.34. The SMILES string of the molecule is CCN[Si]([Si](C)(C)C)([Si](C)(C)C)[Si](C)(C)C.Cl. The van der Waals surface area contributed by atoms with E-state index in [9.17, 15) is 0 Å². The van der Waals surface area contributed by atoms with Crippen molar-refractivity contribution >= 4 is 42.0 Å². The number of hydrogen-bond donors (Lipinski definition) is 1. The monoisotopic (exact) mass is 327 g/mol. The summed E-state index contributed by atoms with van der Waals surface area (Å²) in [7, 11) is -3.23. The van der Waals surface area contributed by atoms with Crippen LogP contribution in [-0.4, -0.2) is 36.1 Å². The van der Waals surface area contributed by atoms with Crippen LogP contribution in [0, 0.1) is 0 Å². The first-order valence-electron chi connectivity index (χ1n) is 6.56. The van der Waals surface area contributed by atoms with E-state index in [1.165, 1.54) is 6.54 Å². The van der Waals surface area contributed by atoms with Crippen LogP contribution < -0.4 is 4.98 Å². The molecule has 0 rings (SSSR count). The fraction of sp³-hybridized carbons (Fsp3) is 1.00. The molecule has 0 spiro atoms. The van der Waals surface area contributed by atoms with Crippen molar-refractivity contribution in [1.82, 2.24) is 4.98 Å². The summed E-state index contributed by atoms with van der Waals surface area (Å²) in [6.07, 6.45) is 0. The second kappa shape index (κ2) is 6.05. The van der Waals surface area contributed by atoms with Crippen LogP contribution in [-0.2, 0) is 0 Å². The minimum Gasteiger partial charge on any atom is -0.343 e. The summed E-state index contributed by atoms with van der Waals surface area (Å²) in [5.74, 6) is 0. The Hall–Kier alpha value is 1.12. The number of hydrogen-bond acceptors (Lipinski definition) is 1. The quantitative estimate of drug-likeness (QED) is 0.746. The molecule has 0 aliphatic rings. The topological polar surface area (TPSA) is 12.0 Å². The zero-order valence-corrected chi connectivity index (χ0v) is 18.4. The summed E-state index contributed by atoms with van der Waals surface area (Å²) in [5, 5.41) is 0. The van der Waals surface area contributed by atoms with E-state index in [0.29, 0.717) is 0 Å². The van der Waals surface area contributed by atoms with Crippen molar-refractivity contribution in [2.45, 2.75) is 65.8 Å². The van der Waals surface area contributed by atoms with Gasteiger partial charge in [0.15, 0.2) is 0 Å². The molecule has 0 saturated heterocycles. The van der Waals surface area contributed by atoms with Crippen LogP contribution >= 0.6 is 12.4 Å². The van der Waals surface area contributed by atoms with Gasteiger partial charge in [0, 0.05) is 0 Å². The molecule has 0 atom stereocenters. The molecule has 0 heterocycles. The Balaban J connectivity index is 0. The van der Waals surface area contributed by atoms with Crippen LogP contribution in [0.1, 0.15) is 6.92 Å². The summed E-state index contributed by atoms with van der Waals surface area (Å²) >= 11 is 0. The van der Waals surface area contributed by atoms with E-state index >= 15 is 0 Å². The van der Waals surface area contributed by atoms with Gasteiger partial charge in [-0.3, -0.25) is 0 Å². The van der Waals surface area contributed by atoms with E-state index in [4.69, 9.17) is 0 Å². The smallest absolute Gasteiger partial charge is 0.0973 e. The van der Waals surface area contributed by atoms with Gasteiger partial charge < -0.3 is 4.98 Å². The van der Waals surface area contributed by atoms with E-state index < -0.39 is 29.6 Å². The molecule has 0 aliphatic carbocycles. The molecule has 0 aliphatic heterocycles. The Morgan fingerprint density at radius 3 is 0.941 bits per heavy atom.